The van der Waals surface area contributed by atoms with Crippen LogP contribution in [0.5, 0.6) is 0 Å². The van der Waals surface area contributed by atoms with E-state index in [1.807, 2.05) is 19.9 Å². The van der Waals surface area contributed by atoms with Gasteiger partial charge < -0.3 is 5.32 Å². The summed E-state index contributed by atoms with van der Waals surface area (Å²) < 4.78 is 66.9. The summed E-state index contributed by atoms with van der Waals surface area (Å²) >= 11 is 0. The minimum absolute atomic E-state index is 0.0321. The molecule has 5 nitrogen and oxygen atoms in total. The second-order valence-electron chi connectivity index (χ2n) is 8.09. The summed E-state index contributed by atoms with van der Waals surface area (Å²) in [5.41, 5.74) is 2.15. The van der Waals surface area contributed by atoms with Crippen LogP contribution in [0.4, 0.5) is 18.9 Å². The molecule has 0 aliphatic carbocycles. The van der Waals surface area contributed by atoms with Crippen LogP contribution in [0.1, 0.15) is 27.8 Å². The van der Waals surface area contributed by atoms with Crippen LogP contribution >= 0.6 is 0 Å². The standard InChI is InChI=1S/C25H25F3N2O3S/c1-17-8-11-22(12-9-17)34(32,33)30(23-13-18(2)7-10-19(23)3)16-24(31)29-15-20-5-4-6-21(14-20)25(26,27)28/h4-14H,15-16H2,1-3H3,(H,29,31). The van der Waals surface area contributed by atoms with Gasteiger partial charge in [-0.2, -0.15) is 13.2 Å². The van der Waals surface area contributed by atoms with E-state index >= 15 is 0 Å². The molecule has 180 valence electrons. The largest absolute Gasteiger partial charge is 0.416 e. The molecule has 0 saturated carbocycles. The summed E-state index contributed by atoms with van der Waals surface area (Å²) in [6, 6.07) is 16.2. The number of amides is 1. The van der Waals surface area contributed by atoms with Gasteiger partial charge in [0.2, 0.25) is 5.91 Å². The predicted octanol–water partition coefficient (Wildman–Crippen LogP) is 5.14. The lowest BCUT2D eigenvalue weighted by atomic mass is 10.1. The van der Waals surface area contributed by atoms with Crippen molar-refractivity contribution in [2.45, 2.75) is 38.4 Å². The van der Waals surface area contributed by atoms with Gasteiger partial charge in [-0.05, 0) is 67.8 Å². The Hall–Kier alpha value is -3.33. The topological polar surface area (TPSA) is 66.5 Å². The molecular weight excluding hydrogens is 465 g/mol. The Morgan fingerprint density at radius 3 is 2.21 bits per heavy atom. The molecule has 3 aromatic carbocycles. The number of carbonyl (C=O) groups excluding carboxylic acids is 1. The summed E-state index contributed by atoms with van der Waals surface area (Å²) in [4.78, 5) is 12.8. The van der Waals surface area contributed by atoms with E-state index in [1.165, 1.54) is 24.3 Å². The zero-order valence-corrected chi connectivity index (χ0v) is 19.8. The monoisotopic (exact) mass is 490 g/mol. The second kappa shape index (κ2) is 9.89. The molecule has 34 heavy (non-hydrogen) atoms. The van der Waals surface area contributed by atoms with Crippen LogP contribution in [0.25, 0.3) is 0 Å². The molecule has 0 atom stereocenters. The molecule has 0 bridgehead atoms. The van der Waals surface area contributed by atoms with Crippen molar-refractivity contribution in [3.63, 3.8) is 0 Å². The maximum absolute atomic E-state index is 13.5. The van der Waals surface area contributed by atoms with Crippen molar-refractivity contribution in [2.75, 3.05) is 10.8 Å². The summed E-state index contributed by atoms with van der Waals surface area (Å²) in [5, 5.41) is 2.53. The number of benzene rings is 3. The van der Waals surface area contributed by atoms with Crippen LogP contribution in [0.3, 0.4) is 0 Å². The molecule has 0 aliphatic heterocycles. The highest BCUT2D eigenvalue weighted by molar-refractivity contribution is 7.92. The van der Waals surface area contributed by atoms with E-state index in [9.17, 15) is 26.4 Å². The maximum Gasteiger partial charge on any atom is 0.416 e. The van der Waals surface area contributed by atoms with Crippen LogP contribution in [0, 0.1) is 20.8 Å². The van der Waals surface area contributed by atoms with Gasteiger partial charge in [0.1, 0.15) is 6.54 Å². The maximum atomic E-state index is 13.5. The third-order valence-corrected chi connectivity index (χ3v) is 7.05. The Morgan fingerprint density at radius 1 is 0.912 bits per heavy atom. The normalized spacial score (nSPS) is 11.8. The van der Waals surface area contributed by atoms with E-state index in [4.69, 9.17) is 0 Å². The highest BCUT2D eigenvalue weighted by Crippen LogP contribution is 2.30. The van der Waals surface area contributed by atoms with E-state index in [0.717, 1.165) is 27.6 Å². The molecule has 0 fully saturated rings. The number of carbonyl (C=O) groups is 1. The molecule has 1 N–H and O–H groups in total. The number of anilines is 1. The molecule has 3 aromatic rings. The number of hydrogen-bond donors (Lipinski definition) is 1. The van der Waals surface area contributed by atoms with E-state index in [2.05, 4.69) is 5.32 Å². The molecule has 0 aromatic heterocycles. The zero-order chi connectivity index (χ0) is 25.1. The molecule has 0 saturated heterocycles. The van der Waals surface area contributed by atoms with E-state index in [-0.39, 0.29) is 17.0 Å². The van der Waals surface area contributed by atoms with E-state index in [0.29, 0.717) is 11.3 Å². The molecule has 0 radical (unpaired) electrons. The zero-order valence-electron chi connectivity index (χ0n) is 19.0. The lowest BCUT2D eigenvalue weighted by molar-refractivity contribution is -0.137. The molecule has 0 aliphatic rings. The number of nitrogens with zero attached hydrogens (tertiary/aromatic N) is 1. The van der Waals surface area contributed by atoms with Crippen molar-refractivity contribution in [1.29, 1.82) is 0 Å². The summed E-state index contributed by atoms with van der Waals surface area (Å²) in [6.45, 7) is 4.69. The SMILES string of the molecule is Cc1ccc(S(=O)(=O)N(CC(=O)NCc2cccc(C(F)(F)F)c2)c2cc(C)ccc2C)cc1. The number of aryl methyl sites for hydroxylation is 3. The Kier molecular flexibility index (Phi) is 7.35. The van der Waals surface area contributed by atoms with Crippen molar-refractivity contribution >= 4 is 21.6 Å². The average Bonchev–Trinajstić information content (AvgIpc) is 2.77. The Bertz CT molecular complexity index is 1290. The van der Waals surface area contributed by atoms with Gasteiger partial charge in [-0.3, -0.25) is 9.10 Å². The fraction of sp³-hybridized carbons (Fsp3) is 0.240. The summed E-state index contributed by atoms with van der Waals surface area (Å²) in [5.74, 6) is -0.644. The van der Waals surface area contributed by atoms with Gasteiger partial charge in [0, 0.05) is 6.54 Å². The highest BCUT2D eigenvalue weighted by atomic mass is 32.2. The van der Waals surface area contributed by atoms with Crippen molar-refractivity contribution in [2.24, 2.45) is 0 Å². The predicted molar refractivity (Wildman–Crippen MR) is 125 cm³/mol. The van der Waals surface area contributed by atoms with Gasteiger partial charge in [-0.1, -0.05) is 42.0 Å². The van der Waals surface area contributed by atoms with Crippen molar-refractivity contribution in [3.05, 3.63) is 94.5 Å². The summed E-state index contributed by atoms with van der Waals surface area (Å²) in [6.07, 6.45) is -4.50. The van der Waals surface area contributed by atoms with Gasteiger partial charge in [0.25, 0.3) is 10.0 Å². The fourth-order valence-electron chi connectivity index (χ4n) is 3.37. The van der Waals surface area contributed by atoms with Crippen molar-refractivity contribution in [1.82, 2.24) is 5.32 Å². The summed E-state index contributed by atoms with van der Waals surface area (Å²) in [7, 11) is -4.09. The second-order valence-corrected chi connectivity index (χ2v) is 9.95. The van der Waals surface area contributed by atoms with Gasteiger partial charge in [0.15, 0.2) is 0 Å². The van der Waals surface area contributed by atoms with Gasteiger partial charge in [-0.15, -0.1) is 0 Å². The first-order chi connectivity index (χ1) is 15.9. The number of hydrogen-bond acceptors (Lipinski definition) is 3. The smallest absolute Gasteiger partial charge is 0.350 e. The Labute approximate surface area is 197 Å². The van der Waals surface area contributed by atoms with Crippen molar-refractivity contribution in [3.8, 4) is 0 Å². The molecule has 1 amide bonds. The van der Waals surface area contributed by atoms with E-state index in [1.54, 1.807) is 31.2 Å². The number of rotatable bonds is 7. The number of alkyl halides is 3. The first kappa shape index (κ1) is 25.3. The molecule has 0 heterocycles. The highest BCUT2D eigenvalue weighted by Gasteiger charge is 2.31. The average molecular weight is 491 g/mol. The van der Waals surface area contributed by atoms with Gasteiger partial charge >= 0.3 is 6.18 Å². The fourth-order valence-corrected chi connectivity index (χ4v) is 4.85. The minimum atomic E-state index is -4.50. The number of halogens is 3. The first-order valence-corrected chi connectivity index (χ1v) is 11.9. The third-order valence-electron chi connectivity index (χ3n) is 5.27. The van der Waals surface area contributed by atoms with Crippen LogP contribution in [0.2, 0.25) is 0 Å². The quantitative estimate of drug-likeness (QED) is 0.499. The Balaban J connectivity index is 1.88. The van der Waals surface area contributed by atoms with Crippen LogP contribution in [-0.2, 0) is 27.5 Å². The lowest BCUT2D eigenvalue weighted by Gasteiger charge is -2.26. The number of nitrogens with one attached hydrogen (secondary N) is 1. The van der Waals surface area contributed by atoms with Crippen LogP contribution in [0.15, 0.2) is 71.6 Å². The van der Waals surface area contributed by atoms with Crippen LogP contribution in [-0.4, -0.2) is 20.9 Å². The third kappa shape index (κ3) is 5.96. The van der Waals surface area contributed by atoms with E-state index < -0.39 is 34.2 Å². The minimum Gasteiger partial charge on any atom is -0.350 e. The van der Waals surface area contributed by atoms with Crippen LogP contribution < -0.4 is 9.62 Å². The molecule has 0 unspecified atom stereocenters. The molecule has 3 rings (SSSR count). The van der Waals surface area contributed by atoms with Crippen molar-refractivity contribution < 1.29 is 26.4 Å². The van der Waals surface area contributed by atoms with Gasteiger partial charge in [-0.25, -0.2) is 8.42 Å². The number of sulfonamides is 1. The molecular formula is C25H25F3N2O3S. The Morgan fingerprint density at radius 2 is 1.56 bits per heavy atom. The molecule has 0 spiro atoms. The molecule has 9 heteroatoms. The first-order valence-electron chi connectivity index (χ1n) is 10.5. The lowest BCUT2D eigenvalue weighted by Crippen LogP contribution is -2.41. The van der Waals surface area contributed by atoms with Gasteiger partial charge in [0.05, 0.1) is 16.1 Å².